The Morgan fingerprint density at radius 2 is 2.50 bits per heavy atom. The van der Waals surface area contributed by atoms with Crippen LogP contribution in [-0.2, 0) is 4.79 Å². The summed E-state index contributed by atoms with van der Waals surface area (Å²) in [6.07, 6.45) is 1.74. The zero-order valence-corrected chi connectivity index (χ0v) is 7.65. The molecule has 0 radical (unpaired) electrons. The van der Waals surface area contributed by atoms with Gasteiger partial charge < -0.3 is 10.6 Å². The lowest BCUT2D eigenvalue weighted by Crippen LogP contribution is -2.26. The average molecular weight is 185 g/mol. The maximum Gasteiger partial charge on any atom is 0.216 e. The van der Waals surface area contributed by atoms with Gasteiger partial charge in [-0.2, -0.15) is 0 Å². The van der Waals surface area contributed by atoms with Crippen molar-refractivity contribution in [1.29, 1.82) is 0 Å². The fourth-order valence-electron chi connectivity index (χ4n) is 0.719. The van der Waals surface area contributed by atoms with E-state index in [0.717, 1.165) is 5.13 Å². The molecule has 0 saturated carbocycles. The highest BCUT2D eigenvalue weighted by Gasteiger charge is 1.93. The maximum atomic E-state index is 10.5. The van der Waals surface area contributed by atoms with Gasteiger partial charge in [0.25, 0.3) is 0 Å². The van der Waals surface area contributed by atoms with Crippen LogP contribution < -0.4 is 10.6 Å². The predicted molar refractivity (Wildman–Crippen MR) is 49.3 cm³/mol. The predicted octanol–water partition coefficient (Wildman–Crippen LogP) is 0.691. The van der Waals surface area contributed by atoms with E-state index in [1.807, 2.05) is 5.38 Å². The van der Waals surface area contributed by atoms with Crippen LogP contribution in [0.15, 0.2) is 11.6 Å². The Balaban J connectivity index is 2.07. The summed E-state index contributed by atoms with van der Waals surface area (Å²) < 4.78 is 0. The number of rotatable bonds is 4. The van der Waals surface area contributed by atoms with Crippen molar-refractivity contribution in [2.24, 2.45) is 0 Å². The molecule has 0 aliphatic rings. The number of thiazole rings is 1. The number of aromatic nitrogens is 1. The number of nitrogens with one attached hydrogen (secondary N) is 2. The van der Waals surface area contributed by atoms with E-state index in [2.05, 4.69) is 15.6 Å². The van der Waals surface area contributed by atoms with Gasteiger partial charge in [-0.1, -0.05) is 0 Å². The smallest absolute Gasteiger partial charge is 0.216 e. The number of nitrogens with zero attached hydrogens (tertiary/aromatic N) is 1. The van der Waals surface area contributed by atoms with Crippen molar-refractivity contribution >= 4 is 22.4 Å². The van der Waals surface area contributed by atoms with Crippen molar-refractivity contribution in [3.63, 3.8) is 0 Å². The van der Waals surface area contributed by atoms with Crippen molar-refractivity contribution < 1.29 is 4.79 Å². The highest BCUT2D eigenvalue weighted by molar-refractivity contribution is 7.13. The van der Waals surface area contributed by atoms with Crippen molar-refractivity contribution in [3.05, 3.63) is 11.6 Å². The van der Waals surface area contributed by atoms with Crippen molar-refractivity contribution in [2.75, 3.05) is 18.4 Å². The molecular weight excluding hydrogens is 174 g/mol. The molecule has 1 heterocycles. The normalized spacial score (nSPS) is 9.42. The molecule has 1 amide bonds. The van der Waals surface area contributed by atoms with E-state index in [9.17, 15) is 4.79 Å². The van der Waals surface area contributed by atoms with Gasteiger partial charge in [0, 0.05) is 31.6 Å². The minimum Gasteiger partial charge on any atom is -0.360 e. The molecule has 0 spiro atoms. The van der Waals surface area contributed by atoms with Gasteiger partial charge in [-0.05, 0) is 0 Å². The standard InChI is InChI=1S/C7H11N3OS/c1-6(11)8-2-3-9-7-10-4-5-12-7/h4-5H,2-3H2,1H3,(H,8,11)(H,9,10). The SMILES string of the molecule is CC(=O)NCCNc1nccs1. The van der Waals surface area contributed by atoms with Gasteiger partial charge in [-0.3, -0.25) is 4.79 Å². The summed E-state index contributed by atoms with van der Waals surface area (Å²) in [5.41, 5.74) is 0. The van der Waals surface area contributed by atoms with Crippen molar-refractivity contribution in [3.8, 4) is 0 Å². The first-order valence-corrected chi connectivity index (χ1v) is 4.55. The van der Waals surface area contributed by atoms with Crippen LogP contribution in [0.4, 0.5) is 5.13 Å². The van der Waals surface area contributed by atoms with Crippen LogP contribution in [0.2, 0.25) is 0 Å². The summed E-state index contributed by atoms with van der Waals surface area (Å²) >= 11 is 1.55. The van der Waals surface area contributed by atoms with Crippen LogP contribution in [0, 0.1) is 0 Å². The van der Waals surface area contributed by atoms with Crippen LogP contribution in [0.25, 0.3) is 0 Å². The Morgan fingerprint density at radius 1 is 1.67 bits per heavy atom. The number of carbonyl (C=O) groups excluding carboxylic acids is 1. The van der Waals surface area contributed by atoms with Gasteiger partial charge in [0.15, 0.2) is 5.13 Å². The average Bonchev–Trinajstić information content (AvgIpc) is 2.49. The molecule has 2 N–H and O–H groups in total. The minimum absolute atomic E-state index is 0.00376. The van der Waals surface area contributed by atoms with E-state index in [0.29, 0.717) is 13.1 Å². The van der Waals surface area contributed by atoms with Crippen LogP contribution in [-0.4, -0.2) is 24.0 Å². The lowest BCUT2D eigenvalue weighted by atomic mass is 10.6. The Labute approximate surface area is 75.0 Å². The quantitative estimate of drug-likeness (QED) is 0.679. The number of hydrogen-bond donors (Lipinski definition) is 2. The van der Waals surface area contributed by atoms with Crippen molar-refractivity contribution in [2.45, 2.75) is 6.92 Å². The van der Waals surface area contributed by atoms with Crippen LogP contribution >= 0.6 is 11.3 Å². The van der Waals surface area contributed by atoms with Crippen LogP contribution in [0.1, 0.15) is 6.92 Å². The monoisotopic (exact) mass is 185 g/mol. The Morgan fingerprint density at radius 3 is 3.08 bits per heavy atom. The van der Waals surface area contributed by atoms with Gasteiger partial charge in [-0.25, -0.2) is 4.98 Å². The first-order chi connectivity index (χ1) is 5.79. The van der Waals surface area contributed by atoms with Crippen LogP contribution in [0.5, 0.6) is 0 Å². The molecule has 12 heavy (non-hydrogen) atoms. The molecule has 66 valence electrons. The molecule has 0 fully saturated rings. The summed E-state index contributed by atoms with van der Waals surface area (Å²) in [4.78, 5) is 14.5. The molecule has 1 aromatic heterocycles. The third-order valence-corrected chi connectivity index (χ3v) is 1.94. The largest absolute Gasteiger partial charge is 0.360 e. The molecule has 1 aromatic rings. The van der Waals surface area contributed by atoms with Gasteiger partial charge in [0.2, 0.25) is 5.91 Å². The lowest BCUT2D eigenvalue weighted by Gasteiger charge is -2.02. The van der Waals surface area contributed by atoms with Gasteiger partial charge in [0.05, 0.1) is 0 Å². The van der Waals surface area contributed by atoms with E-state index in [-0.39, 0.29) is 5.91 Å². The molecule has 1 rings (SSSR count). The zero-order chi connectivity index (χ0) is 8.81. The molecule has 0 aliphatic carbocycles. The third-order valence-electron chi connectivity index (χ3n) is 1.21. The minimum atomic E-state index is -0.00376. The second-order valence-corrected chi connectivity index (χ2v) is 3.14. The van der Waals surface area contributed by atoms with E-state index >= 15 is 0 Å². The molecule has 0 atom stereocenters. The molecule has 0 saturated heterocycles. The van der Waals surface area contributed by atoms with Gasteiger partial charge in [-0.15, -0.1) is 11.3 Å². The highest BCUT2D eigenvalue weighted by atomic mass is 32.1. The van der Waals surface area contributed by atoms with E-state index in [1.54, 1.807) is 17.5 Å². The van der Waals surface area contributed by atoms with Gasteiger partial charge in [0.1, 0.15) is 0 Å². The van der Waals surface area contributed by atoms with Crippen molar-refractivity contribution in [1.82, 2.24) is 10.3 Å². The summed E-state index contributed by atoms with van der Waals surface area (Å²) in [5, 5.41) is 8.55. The fraction of sp³-hybridized carbons (Fsp3) is 0.429. The molecule has 0 aliphatic heterocycles. The first kappa shape index (κ1) is 8.99. The molecule has 4 nitrogen and oxygen atoms in total. The summed E-state index contributed by atoms with van der Waals surface area (Å²) in [6, 6.07) is 0. The Kier molecular flexibility index (Phi) is 3.53. The first-order valence-electron chi connectivity index (χ1n) is 3.67. The summed E-state index contributed by atoms with van der Waals surface area (Å²) in [6.45, 7) is 2.85. The third kappa shape index (κ3) is 3.34. The number of anilines is 1. The molecule has 0 bridgehead atoms. The molecular formula is C7H11N3OS. The zero-order valence-electron chi connectivity index (χ0n) is 6.83. The Bertz CT molecular complexity index is 235. The maximum absolute atomic E-state index is 10.5. The number of hydrogen-bond acceptors (Lipinski definition) is 4. The second-order valence-electron chi connectivity index (χ2n) is 2.25. The van der Waals surface area contributed by atoms with E-state index < -0.39 is 0 Å². The molecule has 5 heteroatoms. The highest BCUT2D eigenvalue weighted by Crippen LogP contribution is 2.08. The van der Waals surface area contributed by atoms with E-state index in [4.69, 9.17) is 0 Å². The molecule has 0 unspecified atom stereocenters. The topological polar surface area (TPSA) is 54.0 Å². The van der Waals surface area contributed by atoms with Gasteiger partial charge >= 0.3 is 0 Å². The summed E-state index contributed by atoms with van der Waals surface area (Å²) in [5.74, 6) is -0.00376. The molecule has 0 aromatic carbocycles. The number of carbonyl (C=O) groups is 1. The summed E-state index contributed by atoms with van der Waals surface area (Å²) in [7, 11) is 0. The number of amides is 1. The fourth-order valence-corrected chi connectivity index (χ4v) is 1.28. The Hall–Kier alpha value is -1.10. The second kappa shape index (κ2) is 4.71. The lowest BCUT2D eigenvalue weighted by molar-refractivity contribution is -0.118. The van der Waals surface area contributed by atoms with E-state index in [1.165, 1.54) is 6.92 Å². The van der Waals surface area contributed by atoms with Crippen LogP contribution in [0.3, 0.4) is 0 Å².